The van der Waals surface area contributed by atoms with Crippen LogP contribution in [0.15, 0.2) is 35.1 Å². The van der Waals surface area contributed by atoms with Gasteiger partial charge >= 0.3 is 0 Å². The molecule has 2 aromatic rings. The summed E-state index contributed by atoms with van der Waals surface area (Å²) in [7, 11) is 0. The first-order valence-electron chi connectivity index (χ1n) is 7.71. The van der Waals surface area contributed by atoms with Crippen LogP contribution in [0.3, 0.4) is 0 Å². The predicted molar refractivity (Wildman–Crippen MR) is 85.2 cm³/mol. The average Bonchev–Trinajstić information content (AvgIpc) is 2.55. The molecule has 5 nitrogen and oxygen atoms in total. The van der Waals surface area contributed by atoms with Gasteiger partial charge in [-0.1, -0.05) is 17.7 Å². The third-order valence-corrected chi connectivity index (χ3v) is 3.96. The van der Waals surface area contributed by atoms with E-state index in [0.717, 1.165) is 37.4 Å². The summed E-state index contributed by atoms with van der Waals surface area (Å²) in [5, 5.41) is 3.33. The Labute approximate surface area is 129 Å². The van der Waals surface area contributed by atoms with Gasteiger partial charge in [0.2, 0.25) is 0 Å². The zero-order valence-corrected chi connectivity index (χ0v) is 12.8. The number of aromatic nitrogens is 2. The summed E-state index contributed by atoms with van der Waals surface area (Å²) in [6.07, 6.45) is 2.05. The van der Waals surface area contributed by atoms with Crippen molar-refractivity contribution in [1.29, 1.82) is 0 Å². The van der Waals surface area contributed by atoms with E-state index in [0.29, 0.717) is 11.7 Å². The molecule has 0 radical (unpaired) electrons. The molecule has 3 rings (SSSR count). The van der Waals surface area contributed by atoms with Gasteiger partial charge in [-0.2, -0.15) is 0 Å². The fourth-order valence-electron chi connectivity index (χ4n) is 2.71. The Morgan fingerprint density at radius 2 is 1.95 bits per heavy atom. The number of nitrogens with one attached hydrogen (secondary N) is 2. The van der Waals surface area contributed by atoms with Gasteiger partial charge in [0.05, 0.1) is 5.69 Å². The number of H-pyrrole nitrogens is 1. The fraction of sp³-hybridized carbons (Fsp3) is 0.412. The zero-order chi connectivity index (χ0) is 15.4. The van der Waals surface area contributed by atoms with Gasteiger partial charge in [0.15, 0.2) is 0 Å². The molecule has 0 unspecified atom stereocenters. The van der Waals surface area contributed by atoms with E-state index >= 15 is 0 Å². The topological polar surface area (TPSA) is 67.0 Å². The van der Waals surface area contributed by atoms with Crippen LogP contribution < -0.4 is 15.6 Å². The number of aromatic amines is 1. The minimum absolute atomic E-state index is 0.106. The summed E-state index contributed by atoms with van der Waals surface area (Å²) in [5.74, 6) is 1.73. The summed E-state index contributed by atoms with van der Waals surface area (Å²) in [4.78, 5) is 19.2. The van der Waals surface area contributed by atoms with Crippen LogP contribution >= 0.6 is 0 Å². The van der Waals surface area contributed by atoms with Crippen LogP contribution in [0.2, 0.25) is 0 Å². The lowest BCUT2D eigenvalue weighted by Gasteiger charge is -2.22. The van der Waals surface area contributed by atoms with E-state index in [9.17, 15) is 4.79 Å². The SMILES string of the molecule is Cc1ccc(OCc2nc(C3CCNCC3)cc(=O)[nH]2)cc1. The van der Waals surface area contributed by atoms with Gasteiger partial charge in [0, 0.05) is 12.0 Å². The Morgan fingerprint density at radius 3 is 2.68 bits per heavy atom. The fourth-order valence-corrected chi connectivity index (χ4v) is 2.71. The van der Waals surface area contributed by atoms with E-state index in [1.165, 1.54) is 5.56 Å². The van der Waals surface area contributed by atoms with Crippen molar-refractivity contribution in [3.8, 4) is 5.75 Å². The Bertz CT molecular complexity index is 673. The quantitative estimate of drug-likeness (QED) is 0.907. The normalized spacial score (nSPS) is 15.7. The molecule has 0 saturated carbocycles. The minimum atomic E-state index is -0.106. The van der Waals surface area contributed by atoms with E-state index < -0.39 is 0 Å². The van der Waals surface area contributed by atoms with Gasteiger partial charge in [-0.3, -0.25) is 4.79 Å². The molecule has 2 N–H and O–H groups in total. The van der Waals surface area contributed by atoms with Crippen molar-refractivity contribution in [1.82, 2.24) is 15.3 Å². The zero-order valence-electron chi connectivity index (χ0n) is 12.8. The van der Waals surface area contributed by atoms with Gasteiger partial charge < -0.3 is 15.0 Å². The average molecular weight is 299 g/mol. The molecule has 0 spiro atoms. The minimum Gasteiger partial charge on any atom is -0.486 e. The summed E-state index contributed by atoms with van der Waals surface area (Å²) in [5.41, 5.74) is 1.96. The number of hydrogen-bond acceptors (Lipinski definition) is 4. The molecule has 5 heteroatoms. The second kappa shape index (κ2) is 6.75. The lowest BCUT2D eigenvalue weighted by atomic mass is 9.94. The van der Waals surface area contributed by atoms with Crippen molar-refractivity contribution in [2.75, 3.05) is 13.1 Å². The smallest absolute Gasteiger partial charge is 0.251 e. The first-order valence-corrected chi connectivity index (χ1v) is 7.71. The lowest BCUT2D eigenvalue weighted by molar-refractivity contribution is 0.294. The maximum absolute atomic E-state index is 11.8. The maximum atomic E-state index is 11.8. The molecule has 1 fully saturated rings. The number of benzene rings is 1. The van der Waals surface area contributed by atoms with Crippen molar-refractivity contribution < 1.29 is 4.74 Å². The molecular weight excluding hydrogens is 278 g/mol. The second-order valence-corrected chi connectivity index (χ2v) is 5.74. The van der Waals surface area contributed by atoms with Crippen molar-refractivity contribution in [3.05, 3.63) is 57.8 Å². The van der Waals surface area contributed by atoms with Crippen molar-refractivity contribution in [2.45, 2.75) is 32.3 Å². The lowest BCUT2D eigenvalue weighted by Crippen LogP contribution is -2.28. The molecule has 1 aromatic heterocycles. The first-order chi connectivity index (χ1) is 10.7. The summed E-state index contributed by atoms with van der Waals surface area (Å²) in [6, 6.07) is 9.45. The molecular formula is C17H21N3O2. The van der Waals surface area contributed by atoms with Crippen molar-refractivity contribution in [2.24, 2.45) is 0 Å². The number of ether oxygens (including phenoxy) is 1. The van der Waals surface area contributed by atoms with E-state index in [1.807, 2.05) is 31.2 Å². The molecule has 1 saturated heterocycles. The maximum Gasteiger partial charge on any atom is 0.251 e. The molecule has 0 bridgehead atoms. The molecule has 0 atom stereocenters. The van der Waals surface area contributed by atoms with Gasteiger partial charge in [0.25, 0.3) is 5.56 Å². The third-order valence-electron chi connectivity index (χ3n) is 3.96. The molecule has 0 amide bonds. The Hall–Kier alpha value is -2.14. The van der Waals surface area contributed by atoms with Crippen LogP contribution in [-0.2, 0) is 6.61 Å². The summed E-state index contributed by atoms with van der Waals surface area (Å²) in [6.45, 7) is 4.27. The predicted octanol–water partition coefficient (Wildman–Crippen LogP) is 2.12. The Kier molecular flexibility index (Phi) is 4.53. The highest BCUT2D eigenvalue weighted by molar-refractivity contribution is 5.26. The number of hydrogen-bond donors (Lipinski definition) is 2. The van der Waals surface area contributed by atoms with Crippen LogP contribution in [0, 0.1) is 6.92 Å². The van der Waals surface area contributed by atoms with Gasteiger partial charge in [-0.05, 0) is 45.0 Å². The van der Waals surface area contributed by atoms with E-state index in [1.54, 1.807) is 6.07 Å². The van der Waals surface area contributed by atoms with Crippen LogP contribution in [0.4, 0.5) is 0 Å². The summed E-state index contributed by atoms with van der Waals surface area (Å²) < 4.78 is 5.70. The van der Waals surface area contributed by atoms with Crippen molar-refractivity contribution >= 4 is 0 Å². The summed E-state index contributed by atoms with van der Waals surface area (Å²) >= 11 is 0. The number of aryl methyl sites for hydroxylation is 1. The van der Waals surface area contributed by atoms with E-state index in [2.05, 4.69) is 15.3 Å². The highest BCUT2D eigenvalue weighted by atomic mass is 16.5. The van der Waals surface area contributed by atoms with E-state index in [-0.39, 0.29) is 12.2 Å². The molecule has 116 valence electrons. The van der Waals surface area contributed by atoms with Crippen LogP contribution in [0.5, 0.6) is 5.75 Å². The Morgan fingerprint density at radius 1 is 1.23 bits per heavy atom. The van der Waals surface area contributed by atoms with Gasteiger partial charge in [0.1, 0.15) is 18.2 Å². The number of nitrogens with zero attached hydrogens (tertiary/aromatic N) is 1. The van der Waals surface area contributed by atoms with Crippen LogP contribution in [0.25, 0.3) is 0 Å². The monoisotopic (exact) mass is 299 g/mol. The first kappa shape index (κ1) is 14.8. The van der Waals surface area contributed by atoms with Gasteiger partial charge in [-0.25, -0.2) is 4.98 Å². The second-order valence-electron chi connectivity index (χ2n) is 5.74. The molecule has 2 heterocycles. The van der Waals surface area contributed by atoms with Gasteiger partial charge in [-0.15, -0.1) is 0 Å². The highest BCUT2D eigenvalue weighted by Gasteiger charge is 2.17. The van der Waals surface area contributed by atoms with Crippen LogP contribution in [-0.4, -0.2) is 23.1 Å². The van der Waals surface area contributed by atoms with Crippen LogP contribution in [0.1, 0.15) is 35.8 Å². The molecule has 22 heavy (non-hydrogen) atoms. The number of piperidine rings is 1. The van der Waals surface area contributed by atoms with E-state index in [4.69, 9.17) is 4.74 Å². The highest BCUT2D eigenvalue weighted by Crippen LogP contribution is 2.22. The third kappa shape index (κ3) is 3.74. The number of rotatable bonds is 4. The molecule has 1 aromatic carbocycles. The largest absolute Gasteiger partial charge is 0.486 e. The molecule has 1 aliphatic heterocycles. The van der Waals surface area contributed by atoms with Crippen molar-refractivity contribution in [3.63, 3.8) is 0 Å². The standard InChI is InChI=1S/C17H21N3O2/c1-12-2-4-14(5-3-12)22-11-16-19-15(10-17(21)20-16)13-6-8-18-9-7-13/h2-5,10,13,18H,6-9,11H2,1H3,(H,19,20,21). The molecule has 1 aliphatic rings. The Balaban J connectivity index is 1.71. The molecule has 0 aliphatic carbocycles.